The zero-order chi connectivity index (χ0) is 25.4. The highest BCUT2D eigenvalue weighted by Gasteiger charge is 2.30. The number of ether oxygens (including phenoxy) is 3. The van der Waals surface area contributed by atoms with Gasteiger partial charge >= 0.3 is 0 Å². The highest BCUT2D eigenvalue weighted by molar-refractivity contribution is 7.89. The number of benzene rings is 3. The van der Waals surface area contributed by atoms with Crippen molar-refractivity contribution in [2.45, 2.75) is 11.4 Å². The maximum atomic E-state index is 13.3. The lowest BCUT2D eigenvalue weighted by Gasteiger charge is -2.27. The number of carbonyl (C=O) groups excluding carboxylic acids is 1. The van der Waals surface area contributed by atoms with Crippen LogP contribution in [0.2, 0.25) is 0 Å². The maximum Gasteiger partial charge on any atom is 0.279 e. The number of hydrogen-bond acceptors (Lipinski definition) is 6. The van der Waals surface area contributed by atoms with E-state index in [4.69, 9.17) is 14.2 Å². The lowest BCUT2D eigenvalue weighted by Crippen LogP contribution is -2.40. The van der Waals surface area contributed by atoms with Gasteiger partial charge in [-0.1, -0.05) is 30.3 Å². The molecule has 0 spiro atoms. The number of aliphatic imine (C=N–C) groups is 1. The molecule has 3 heterocycles. The Morgan fingerprint density at radius 1 is 0.838 bits per heavy atom. The first-order chi connectivity index (χ1) is 18.0. The second kappa shape index (κ2) is 9.62. The Morgan fingerprint density at radius 2 is 1.62 bits per heavy atom. The minimum atomic E-state index is -3.68. The largest absolute Gasteiger partial charge is 0.486 e. The molecule has 0 radical (unpaired) electrons. The van der Waals surface area contributed by atoms with Gasteiger partial charge in [-0.2, -0.15) is 9.30 Å². The zero-order valence-electron chi connectivity index (χ0n) is 20.0. The van der Waals surface area contributed by atoms with Gasteiger partial charge in [-0.3, -0.25) is 4.79 Å². The summed E-state index contributed by atoms with van der Waals surface area (Å²) >= 11 is 0. The van der Waals surface area contributed by atoms with Gasteiger partial charge in [-0.05, 0) is 42.0 Å². The first-order valence-electron chi connectivity index (χ1n) is 12.1. The molecule has 3 aliphatic heterocycles. The summed E-state index contributed by atoms with van der Waals surface area (Å²) in [5.41, 5.74) is 2.84. The number of fused-ring (bicyclic) bond motifs is 2. The van der Waals surface area contributed by atoms with Gasteiger partial charge in [-0.25, -0.2) is 8.42 Å². The number of amides is 1. The molecule has 0 unspecified atom stereocenters. The van der Waals surface area contributed by atoms with E-state index in [0.717, 1.165) is 11.1 Å². The van der Waals surface area contributed by atoms with E-state index >= 15 is 0 Å². The Hall–Kier alpha value is -3.73. The maximum absolute atomic E-state index is 13.3. The SMILES string of the molecule is O=C(N=C1c2ccccc2CN1c1cccc(S(=O)(=O)N2CCOCC2)c1)c1ccc2c(c1)OCCO2. The molecule has 190 valence electrons. The van der Waals surface area contributed by atoms with E-state index in [9.17, 15) is 13.2 Å². The Balaban J connectivity index is 1.36. The molecule has 3 aliphatic rings. The second-order valence-electron chi connectivity index (χ2n) is 8.86. The van der Waals surface area contributed by atoms with Crippen molar-refractivity contribution in [1.82, 2.24) is 4.31 Å². The molecule has 0 N–H and O–H groups in total. The average molecular weight is 520 g/mol. The number of hydrogen-bond donors (Lipinski definition) is 0. The lowest BCUT2D eigenvalue weighted by atomic mass is 10.1. The predicted molar refractivity (Wildman–Crippen MR) is 137 cm³/mol. The van der Waals surface area contributed by atoms with Crippen LogP contribution in [0.3, 0.4) is 0 Å². The van der Waals surface area contributed by atoms with Crippen LogP contribution in [0.1, 0.15) is 21.5 Å². The molecule has 3 aromatic carbocycles. The van der Waals surface area contributed by atoms with Gasteiger partial charge in [0.1, 0.15) is 19.0 Å². The van der Waals surface area contributed by atoms with Gasteiger partial charge in [0.05, 0.1) is 24.7 Å². The standard InChI is InChI=1S/C27H25N3O6S/c31-27(19-8-9-24-25(16-19)36-15-14-35-24)28-26-23-7-2-1-4-20(23)18-30(26)21-5-3-6-22(17-21)37(32,33)29-10-12-34-13-11-29/h1-9,16-17H,10-15,18H2. The summed E-state index contributed by atoms with van der Waals surface area (Å²) in [5, 5.41) is 0. The summed E-state index contributed by atoms with van der Waals surface area (Å²) < 4.78 is 44.5. The second-order valence-corrected chi connectivity index (χ2v) is 10.8. The Bertz CT molecular complexity index is 1500. The van der Waals surface area contributed by atoms with E-state index in [2.05, 4.69) is 4.99 Å². The van der Waals surface area contributed by atoms with Crippen LogP contribution in [0, 0.1) is 0 Å². The van der Waals surface area contributed by atoms with Gasteiger partial charge in [0, 0.05) is 29.9 Å². The number of nitrogens with zero attached hydrogens (tertiary/aromatic N) is 3. The van der Waals surface area contributed by atoms with Crippen LogP contribution in [-0.2, 0) is 21.3 Å². The number of amidine groups is 1. The van der Waals surface area contributed by atoms with Crippen LogP contribution in [0.4, 0.5) is 5.69 Å². The molecule has 1 amide bonds. The molecular formula is C27H25N3O6S. The van der Waals surface area contributed by atoms with E-state index in [-0.39, 0.29) is 4.90 Å². The quantitative estimate of drug-likeness (QED) is 0.523. The molecule has 0 saturated carbocycles. The molecule has 0 aliphatic carbocycles. The van der Waals surface area contributed by atoms with Crippen LogP contribution in [0.15, 0.2) is 76.6 Å². The molecule has 37 heavy (non-hydrogen) atoms. The highest BCUT2D eigenvalue weighted by atomic mass is 32.2. The molecular weight excluding hydrogens is 494 g/mol. The van der Waals surface area contributed by atoms with Crippen LogP contribution in [0.25, 0.3) is 0 Å². The number of rotatable bonds is 4. The summed E-state index contributed by atoms with van der Waals surface area (Å²) in [6, 6.07) is 19.5. The van der Waals surface area contributed by atoms with Crippen molar-refractivity contribution < 1.29 is 27.4 Å². The molecule has 1 saturated heterocycles. The summed E-state index contributed by atoms with van der Waals surface area (Å²) in [6.45, 7) is 2.73. The lowest BCUT2D eigenvalue weighted by molar-refractivity contribution is 0.0730. The summed E-state index contributed by atoms with van der Waals surface area (Å²) in [7, 11) is -3.68. The first kappa shape index (κ1) is 23.7. The fourth-order valence-corrected chi connectivity index (χ4v) is 6.13. The van der Waals surface area contributed by atoms with E-state index < -0.39 is 15.9 Å². The van der Waals surface area contributed by atoms with Crippen LogP contribution in [-0.4, -0.2) is 64.0 Å². The van der Waals surface area contributed by atoms with Gasteiger partial charge in [-0.15, -0.1) is 0 Å². The number of morpholine rings is 1. The first-order valence-corrected chi connectivity index (χ1v) is 13.5. The fourth-order valence-electron chi connectivity index (χ4n) is 4.69. The minimum absolute atomic E-state index is 0.195. The van der Waals surface area contributed by atoms with Gasteiger partial charge < -0.3 is 19.1 Å². The summed E-state index contributed by atoms with van der Waals surface area (Å²) in [5.74, 6) is 1.16. The van der Waals surface area contributed by atoms with Crippen LogP contribution < -0.4 is 14.4 Å². The zero-order valence-corrected chi connectivity index (χ0v) is 20.8. The number of sulfonamides is 1. The predicted octanol–water partition coefficient (Wildman–Crippen LogP) is 3.09. The van der Waals surface area contributed by atoms with Crippen molar-refractivity contribution >= 4 is 27.5 Å². The normalized spacial score (nSPS) is 18.6. The van der Waals surface area contributed by atoms with Gasteiger partial charge in [0.25, 0.3) is 5.91 Å². The van der Waals surface area contributed by atoms with Crippen LogP contribution >= 0.6 is 0 Å². The van der Waals surface area contributed by atoms with Crippen molar-refractivity contribution in [2.75, 3.05) is 44.4 Å². The van der Waals surface area contributed by atoms with E-state index in [1.807, 2.05) is 35.2 Å². The molecule has 10 heteroatoms. The average Bonchev–Trinajstić information content (AvgIpc) is 3.31. The highest BCUT2D eigenvalue weighted by Crippen LogP contribution is 2.33. The third-order valence-electron chi connectivity index (χ3n) is 6.58. The minimum Gasteiger partial charge on any atom is -0.486 e. The van der Waals surface area contributed by atoms with E-state index in [1.165, 1.54) is 4.31 Å². The fraction of sp³-hybridized carbons (Fsp3) is 0.259. The van der Waals surface area contributed by atoms with Crippen molar-refractivity contribution in [2.24, 2.45) is 4.99 Å². The summed E-state index contributed by atoms with van der Waals surface area (Å²) in [6.07, 6.45) is 0. The third-order valence-corrected chi connectivity index (χ3v) is 8.47. The monoisotopic (exact) mass is 519 g/mol. The van der Waals surface area contributed by atoms with Gasteiger partial charge in [0.2, 0.25) is 10.0 Å². The molecule has 3 aromatic rings. The van der Waals surface area contributed by atoms with E-state index in [1.54, 1.807) is 36.4 Å². The molecule has 0 aromatic heterocycles. The smallest absolute Gasteiger partial charge is 0.279 e. The van der Waals surface area contributed by atoms with Crippen LogP contribution in [0.5, 0.6) is 11.5 Å². The Labute approximate surface area is 214 Å². The topological polar surface area (TPSA) is 97.7 Å². The third kappa shape index (κ3) is 4.48. The Kier molecular flexibility index (Phi) is 6.15. The van der Waals surface area contributed by atoms with Crippen molar-refractivity contribution in [3.8, 4) is 11.5 Å². The molecule has 0 bridgehead atoms. The van der Waals surface area contributed by atoms with Crippen molar-refractivity contribution in [1.29, 1.82) is 0 Å². The van der Waals surface area contributed by atoms with E-state index in [0.29, 0.717) is 74.6 Å². The van der Waals surface area contributed by atoms with Gasteiger partial charge in [0.15, 0.2) is 11.5 Å². The Morgan fingerprint density at radius 3 is 2.46 bits per heavy atom. The number of carbonyl (C=O) groups is 1. The molecule has 9 nitrogen and oxygen atoms in total. The number of anilines is 1. The molecule has 0 atom stereocenters. The molecule has 6 rings (SSSR count). The van der Waals surface area contributed by atoms with Crippen molar-refractivity contribution in [3.05, 3.63) is 83.4 Å². The summed E-state index contributed by atoms with van der Waals surface area (Å²) in [4.78, 5) is 19.9. The van der Waals surface area contributed by atoms with Crippen molar-refractivity contribution in [3.63, 3.8) is 0 Å². The molecule has 1 fully saturated rings.